The second-order valence-electron chi connectivity index (χ2n) is 6.87. The van der Waals surface area contributed by atoms with Gasteiger partial charge in [-0.2, -0.15) is 0 Å². The van der Waals surface area contributed by atoms with Crippen molar-refractivity contribution in [3.63, 3.8) is 0 Å². The van der Waals surface area contributed by atoms with Crippen LogP contribution < -0.4 is 0 Å². The molecule has 0 bridgehead atoms. The molecule has 1 aliphatic rings. The summed E-state index contributed by atoms with van der Waals surface area (Å²) in [6.45, 7) is 1.70. The molecule has 1 saturated heterocycles. The lowest BCUT2D eigenvalue weighted by Crippen LogP contribution is -2.33. The average Bonchev–Trinajstić information content (AvgIpc) is 3.36. The molecule has 27 heavy (non-hydrogen) atoms. The van der Waals surface area contributed by atoms with Gasteiger partial charge >= 0.3 is 0 Å². The lowest BCUT2D eigenvalue weighted by Gasteiger charge is -2.33. The van der Waals surface area contributed by atoms with Crippen molar-refractivity contribution in [2.24, 2.45) is 0 Å². The number of hydrogen-bond donors (Lipinski definition) is 0. The molecular formula is C21H20N4OS. The fraction of sp³-hybridized carbons (Fsp3) is 0.286. The van der Waals surface area contributed by atoms with Crippen LogP contribution in [-0.2, 0) is 6.54 Å². The van der Waals surface area contributed by atoms with E-state index in [2.05, 4.69) is 33.3 Å². The second kappa shape index (κ2) is 7.21. The molecule has 1 unspecified atom stereocenters. The quantitative estimate of drug-likeness (QED) is 0.497. The molecule has 1 fully saturated rings. The van der Waals surface area contributed by atoms with Gasteiger partial charge in [-0.15, -0.1) is 21.5 Å². The van der Waals surface area contributed by atoms with E-state index >= 15 is 0 Å². The Morgan fingerprint density at radius 2 is 1.85 bits per heavy atom. The van der Waals surface area contributed by atoms with E-state index in [1.807, 2.05) is 36.4 Å². The Balaban J connectivity index is 1.39. The first-order chi connectivity index (χ1) is 13.4. The normalized spacial score (nSPS) is 18.1. The Morgan fingerprint density at radius 3 is 2.74 bits per heavy atom. The average molecular weight is 376 g/mol. The van der Waals surface area contributed by atoms with Crippen LogP contribution in [-0.4, -0.2) is 26.6 Å². The van der Waals surface area contributed by atoms with Crippen molar-refractivity contribution >= 4 is 21.6 Å². The topological polar surface area (TPSA) is 55.1 Å². The highest BCUT2D eigenvalue weighted by molar-refractivity contribution is 7.18. The number of para-hydroxylation sites is 1. The van der Waals surface area contributed by atoms with Gasteiger partial charge in [0.1, 0.15) is 5.01 Å². The number of nitrogens with zero attached hydrogens (tertiary/aromatic N) is 4. The van der Waals surface area contributed by atoms with Crippen molar-refractivity contribution in [2.45, 2.75) is 31.8 Å². The summed E-state index contributed by atoms with van der Waals surface area (Å²) in [4.78, 5) is 7.33. The number of aromatic nitrogens is 3. The Kier molecular flexibility index (Phi) is 4.43. The summed E-state index contributed by atoms with van der Waals surface area (Å²) in [5.74, 6) is 1.25. The molecule has 2 aromatic heterocycles. The highest BCUT2D eigenvalue weighted by Gasteiger charge is 2.28. The SMILES string of the molecule is c1ccc(-c2nnc(CN3CCCCC3c3nc4ccccc4s3)o2)cc1. The minimum atomic E-state index is 0.322. The largest absolute Gasteiger partial charge is 0.419 e. The molecule has 6 heteroatoms. The molecule has 3 heterocycles. The van der Waals surface area contributed by atoms with Crippen molar-refractivity contribution in [3.05, 3.63) is 65.5 Å². The summed E-state index contributed by atoms with van der Waals surface area (Å²) in [6, 6.07) is 18.6. The Bertz CT molecular complexity index is 1010. The Morgan fingerprint density at radius 1 is 1.00 bits per heavy atom. The maximum Gasteiger partial charge on any atom is 0.247 e. The maximum absolute atomic E-state index is 5.93. The van der Waals surface area contributed by atoms with Crippen molar-refractivity contribution in [1.82, 2.24) is 20.1 Å². The molecule has 1 aliphatic heterocycles. The first kappa shape index (κ1) is 16.6. The zero-order chi connectivity index (χ0) is 18.1. The third kappa shape index (κ3) is 3.38. The lowest BCUT2D eigenvalue weighted by atomic mass is 10.0. The molecule has 0 N–H and O–H groups in total. The van der Waals surface area contributed by atoms with Crippen molar-refractivity contribution in [2.75, 3.05) is 6.54 Å². The molecular weight excluding hydrogens is 356 g/mol. The van der Waals surface area contributed by atoms with Gasteiger partial charge in [0.15, 0.2) is 0 Å². The van der Waals surface area contributed by atoms with Gasteiger partial charge in [-0.3, -0.25) is 4.90 Å². The van der Waals surface area contributed by atoms with E-state index < -0.39 is 0 Å². The van der Waals surface area contributed by atoms with Gasteiger partial charge < -0.3 is 4.42 Å². The summed E-state index contributed by atoms with van der Waals surface area (Å²) in [7, 11) is 0. The molecule has 1 atom stereocenters. The van der Waals surface area contributed by atoms with Crippen LogP contribution in [0.3, 0.4) is 0 Å². The molecule has 0 amide bonds. The van der Waals surface area contributed by atoms with Crippen LogP contribution in [0.1, 0.15) is 36.2 Å². The zero-order valence-corrected chi connectivity index (χ0v) is 15.7. The van der Waals surface area contributed by atoms with Gasteiger partial charge in [0.2, 0.25) is 11.8 Å². The second-order valence-corrected chi connectivity index (χ2v) is 7.93. The number of piperidine rings is 1. The number of likely N-dealkylation sites (tertiary alicyclic amines) is 1. The number of benzene rings is 2. The van der Waals surface area contributed by atoms with E-state index in [0.717, 1.165) is 24.0 Å². The molecule has 0 spiro atoms. The van der Waals surface area contributed by atoms with E-state index in [1.165, 1.54) is 22.5 Å². The molecule has 5 nitrogen and oxygen atoms in total. The van der Waals surface area contributed by atoms with Crippen molar-refractivity contribution in [3.8, 4) is 11.5 Å². The standard InChI is InChI=1S/C21H20N4OS/c1-2-8-15(9-3-1)20-24-23-19(26-20)14-25-13-7-6-11-17(25)21-22-16-10-4-5-12-18(16)27-21/h1-5,8-10,12,17H,6-7,11,13-14H2. The fourth-order valence-electron chi connectivity index (χ4n) is 3.68. The fourth-order valence-corrected chi connectivity index (χ4v) is 4.82. The van der Waals surface area contributed by atoms with Crippen LogP contribution >= 0.6 is 11.3 Å². The summed E-state index contributed by atoms with van der Waals surface area (Å²) in [5.41, 5.74) is 2.05. The van der Waals surface area contributed by atoms with Gasteiger partial charge in [-0.1, -0.05) is 36.8 Å². The van der Waals surface area contributed by atoms with E-state index in [1.54, 1.807) is 11.3 Å². The monoisotopic (exact) mass is 376 g/mol. The number of rotatable bonds is 4. The summed E-state index contributed by atoms with van der Waals surface area (Å²) >= 11 is 1.80. The van der Waals surface area contributed by atoms with Gasteiger partial charge in [-0.25, -0.2) is 4.98 Å². The minimum absolute atomic E-state index is 0.322. The number of thiazole rings is 1. The van der Waals surface area contributed by atoms with Crippen LogP contribution in [0.25, 0.3) is 21.7 Å². The summed E-state index contributed by atoms with van der Waals surface area (Å²) in [6.07, 6.45) is 3.55. The van der Waals surface area contributed by atoms with Crippen LogP contribution in [0.15, 0.2) is 59.0 Å². The smallest absolute Gasteiger partial charge is 0.247 e. The Hall–Kier alpha value is -2.57. The van der Waals surface area contributed by atoms with Crippen LogP contribution in [0, 0.1) is 0 Å². The van der Waals surface area contributed by atoms with Gasteiger partial charge in [0.25, 0.3) is 0 Å². The molecule has 136 valence electrons. The van der Waals surface area contributed by atoms with E-state index in [-0.39, 0.29) is 0 Å². The van der Waals surface area contributed by atoms with Crippen LogP contribution in [0.2, 0.25) is 0 Å². The van der Waals surface area contributed by atoms with Gasteiger partial charge in [0, 0.05) is 5.56 Å². The van der Waals surface area contributed by atoms with Crippen LogP contribution in [0.5, 0.6) is 0 Å². The Labute approximate surface area is 161 Å². The first-order valence-electron chi connectivity index (χ1n) is 9.34. The number of hydrogen-bond acceptors (Lipinski definition) is 6. The van der Waals surface area contributed by atoms with Crippen LogP contribution in [0.4, 0.5) is 0 Å². The lowest BCUT2D eigenvalue weighted by molar-refractivity contribution is 0.128. The molecule has 2 aromatic carbocycles. The summed E-state index contributed by atoms with van der Waals surface area (Å²) in [5, 5.41) is 9.70. The molecule has 5 rings (SSSR count). The molecule has 0 radical (unpaired) electrons. The third-order valence-corrected chi connectivity index (χ3v) is 6.17. The summed E-state index contributed by atoms with van der Waals surface area (Å²) < 4.78 is 7.19. The van der Waals surface area contributed by atoms with Crippen molar-refractivity contribution in [1.29, 1.82) is 0 Å². The van der Waals surface area contributed by atoms with Gasteiger partial charge in [-0.05, 0) is 43.7 Å². The molecule has 0 saturated carbocycles. The van der Waals surface area contributed by atoms with Crippen molar-refractivity contribution < 1.29 is 4.42 Å². The predicted octanol–water partition coefficient (Wildman–Crippen LogP) is 5.07. The third-order valence-electron chi connectivity index (χ3n) is 5.04. The molecule has 0 aliphatic carbocycles. The highest BCUT2D eigenvalue weighted by Crippen LogP contribution is 2.36. The van der Waals surface area contributed by atoms with E-state index in [4.69, 9.17) is 9.40 Å². The highest BCUT2D eigenvalue weighted by atomic mass is 32.1. The minimum Gasteiger partial charge on any atom is -0.419 e. The van der Waals surface area contributed by atoms with Gasteiger partial charge in [0.05, 0.1) is 22.8 Å². The maximum atomic E-state index is 5.93. The zero-order valence-electron chi connectivity index (χ0n) is 14.9. The van der Waals surface area contributed by atoms with E-state index in [9.17, 15) is 0 Å². The number of fused-ring (bicyclic) bond motifs is 1. The van der Waals surface area contributed by atoms with E-state index in [0.29, 0.717) is 24.4 Å². The predicted molar refractivity (Wildman–Crippen MR) is 106 cm³/mol. The molecule has 4 aromatic rings. The first-order valence-corrected chi connectivity index (χ1v) is 10.2.